The van der Waals surface area contributed by atoms with E-state index in [4.69, 9.17) is 5.73 Å². The molecule has 0 saturated carbocycles. The molecule has 0 saturated heterocycles. The van der Waals surface area contributed by atoms with E-state index in [1.54, 1.807) is 0 Å². The van der Waals surface area contributed by atoms with Crippen LogP contribution in [0.2, 0.25) is 0 Å². The van der Waals surface area contributed by atoms with E-state index < -0.39 is 0 Å². The zero-order valence-electron chi connectivity index (χ0n) is 8.18. The van der Waals surface area contributed by atoms with Gasteiger partial charge in [-0.25, -0.2) is 15.0 Å². The van der Waals surface area contributed by atoms with Crippen LogP contribution in [0, 0.1) is 0 Å². The van der Waals surface area contributed by atoms with Gasteiger partial charge >= 0.3 is 0 Å². The van der Waals surface area contributed by atoms with E-state index in [0.29, 0.717) is 11.5 Å². The maximum absolute atomic E-state index is 5.78. The minimum atomic E-state index is 0.458. The SMILES string of the molecule is Nc1ncnc2nc3c(Br)cccc3cc12. The molecule has 0 spiro atoms. The number of nitrogens with two attached hydrogens (primary N) is 1. The third-order valence-electron chi connectivity index (χ3n) is 2.43. The molecule has 4 nitrogen and oxygen atoms in total. The summed E-state index contributed by atoms with van der Waals surface area (Å²) in [6, 6.07) is 7.85. The molecule has 0 aliphatic carbocycles. The first-order valence-corrected chi connectivity index (χ1v) is 5.50. The Kier molecular flexibility index (Phi) is 2.00. The average molecular weight is 275 g/mol. The second-order valence-electron chi connectivity index (χ2n) is 3.43. The van der Waals surface area contributed by atoms with Crippen LogP contribution in [0.1, 0.15) is 0 Å². The normalized spacial score (nSPS) is 11.1. The zero-order chi connectivity index (χ0) is 11.1. The van der Waals surface area contributed by atoms with E-state index in [2.05, 4.69) is 30.9 Å². The summed E-state index contributed by atoms with van der Waals surface area (Å²) >= 11 is 3.46. The summed E-state index contributed by atoms with van der Waals surface area (Å²) in [7, 11) is 0. The number of hydrogen-bond acceptors (Lipinski definition) is 4. The topological polar surface area (TPSA) is 64.7 Å². The molecule has 3 rings (SSSR count). The summed E-state index contributed by atoms with van der Waals surface area (Å²) in [5, 5.41) is 1.80. The van der Waals surface area contributed by atoms with Crippen molar-refractivity contribution in [2.75, 3.05) is 5.73 Å². The summed E-state index contributed by atoms with van der Waals surface area (Å²) in [5.41, 5.74) is 7.28. The van der Waals surface area contributed by atoms with E-state index in [0.717, 1.165) is 20.8 Å². The number of halogens is 1. The highest BCUT2D eigenvalue weighted by molar-refractivity contribution is 9.10. The highest BCUT2D eigenvalue weighted by atomic mass is 79.9. The molecule has 5 heteroatoms. The van der Waals surface area contributed by atoms with Crippen LogP contribution in [0.25, 0.3) is 21.9 Å². The number of aromatic nitrogens is 3. The fourth-order valence-corrected chi connectivity index (χ4v) is 2.13. The second-order valence-corrected chi connectivity index (χ2v) is 4.28. The Morgan fingerprint density at radius 1 is 1.19 bits per heavy atom. The number of hydrogen-bond donors (Lipinski definition) is 1. The quantitative estimate of drug-likeness (QED) is 0.640. The van der Waals surface area contributed by atoms with Gasteiger partial charge in [-0.05, 0) is 28.1 Å². The summed E-state index contributed by atoms with van der Waals surface area (Å²) in [4.78, 5) is 12.5. The van der Waals surface area contributed by atoms with Crippen molar-refractivity contribution in [3.63, 3.8) is 0 Å². The lowest BCUT2D eigenvalue weighted by atomic mass is 10.2. The zero-order valence-corrected chi connectivity index (χ0v) is 9.77. The molecule has 0 aliphatic heterocycles. The number of pyridine rings is 1. The first-order valence-electron chi connectivity index (χ1n) is 4.71. The van der Waals surface area contributed by atoms with Crippen molar-refractivity contribution >= 4 is 43.7 Å². The smallest absolute Gasteiger partial charge is 0.165 e. The van der Waals surface area contributed by atoms with Gasteiger partial charge in [-0.3, -0.25) is 0 Å². The van der Waals surface area contributed by atoms with Crippen LogP contribution in [-0.2, 0) is 0 Å². The maximum Gasteiger partial charge on any atom is 0.165 e. The molecular formula is C11H7BrN4. The van der Waals surface area contributed by atoms with Crippen molar-refractivity contribution in [2.24, 2.45) is 0 Å². The molecular weight excluding hydrogens is 268 g/mol. The molecule has 2 aromatic heterocycles. The second kappa shape index (κ2) is 3.38. The number of fused-ring (bicyclic) bond motifs is 2. The Labute approximate surface area is 99.7 Å². The van der Waals surface area contributed by atoms with Crippen LogP contribution in [0.5, 0.6) is 0 Å². The number of para-hydroxylation sites is 1. The minimum absolute atomic E-state index is 0.458. The number of benzene rings is 1. The minimum Gasteiger partial charge on any atom is -0.383 e. The summed E-state index contributed by atoms with van der Waals surface area (Å²) in [5.74, 6) is 0.458. The Hall–Kier alpha value is -1.75. The molecule has 78 valence electrons. The predicted molar refractivity (Wildman–Crippen MR) is 67.0 cm³/mol. The molecule has 0 fully saturated rings. The molecule has 0 bridgehead atoms. The maximum atomic E-state index is 5.78. The summed E-state index contributed by atoms with van der Waals surface area (Å²) in [6.07, 6.45) is 1.42. The molecule has 0 radical (unpaired) electrons. The number of nitrogen functional groups attached to an aromatic ring is 1. The molecule has 0 atom stereocenters. The fourth-order valence-electron chi connectivity index (χ4n) is 1.65. The van der Waals surface area contributed by atoms with Gasteiger partial charge in [0.05, 0.1) is 10.9 Å². The molecule has 0 unspecified atom stereocenters. The van der Waals surface area contributed by atoms with E-state index in [1.807, 2.05) is 24.3 Å². The third kappa shape index (κ3) is 1.32. The number of nitrogens with zero attached hydrogens (tertiary/aromatic N) is 3. The Morgan fingerprint density at radius 3 is 2.94 bits per heavy atom. The lowest BCUT2D eigenvalue weighted by Gasteiger charge is -2.03. The van der Waals surface area contributed by atoms with Crippen molar-refractivity contribution in [1.29, 1.82) is 0 Å². The largest absolute Gasteiger partial charge is 0.383 e. The van der Waals surface area contributed by atoms with Gasteiger partial charge in [-0.2, -0.15) is 0 Å². The molecule has 16 heavy (non-hydrogen) atoms. The molecule has 2 N–H and O–H groups in total. The van der Waals surface area contributed by atoms with Crippen LogP contribution in [0.3, 0.4) is 0 Å². The van der Waals surface area contributed by atoms with E-state index in [1.165, 1.54) is 6.33 Å². The van der Waals surface area contributed by atoms with Crippen molar-refractivity contribution in [1.82, 2.24) is 15.0 Å². The molecule has 3 aromatic rings. The van der Waals surface area contributed by atoms with E-state index >= 15 is 0 Å². The summed E-state index contributed by atoms with van der Waals surface area (Å²) in [6.45, 7) is 0. The van der Waals surface area contributed by atoms with Gasteiger partial charge in [-0.15, -0.1) is 0 Å². The number of rotatable bonds is 0. The van der Waals surface area contributed by atoms with Gasteiger partial charge in [-0.1, -0.05) is 12.1 Å². The molecule has 1 aromatic carbocycles. The molecule has 0 amide bonds. The van der Waals surface area contributed by atoms with Crippen LogP contribution in [0.15, 0.2) is 35.1 Å². The average Bonchev–Trinajstić information content (AvgIpc) is 2.29. The van der Waals surface area contributed by atoms with Crippen LogP contribution in [0.4, 0.5) is 5.82 Å². The highest BCUT2D eigenvalue weighted by Crippen LogP contribution is 2.26. The van der Waals surface area contributed by atoms with Crippen molar-refractivity contribution in [3.05, 3.63) is 35.1 Å². The van der Waals surface area contributed by atoms with Gasteiger partial charge in [0, 0.05) is 9.86 Å². The van der Waals surface area contributed by atoms with Crippen molar-refractivity contribution in [2.45, 2.75) is 0 Å². The van der Waals surface area contributed by atoms with Gasteiger partial charge in [0.15, 0.2) is 5.65 Å². The fraction of sp³-hybridized carbons (Fsp3) is 0. The summed E-state index contributed by atoms with van der Waals surface area (Å²) < 4.78 is 0.948. The van der Waals surface area contributed by atoms with Crippen molar-refractivity contribution in [3.8, 4) is 0 Å². The Morgan fingerprint density at radius 2 is 2.06 bits per heavy atom. The molecule has 2 heterocycles. The third-order valence-corrected chi connectivity index (χ3v) is 3.07. The van der Waals surface area contributed by atoms with Crippen molar-refractivity contribution < 1.29 is 0 Å². The lowest BCUT2D eigenvalue weighted by molar-refractivity contribution is 1.20. The number of anilines is 1. The first-order chi connectivity index (χ1) is 7.75. The lowest BCUT2D eigenvalue weighted by Crippen LogP contribution is -1.95. The predicted octanol–water partition coefficient (Wildman–Crippen LogP) is 2.52. The van der Waals surface area contributed by atoms with Gasteiger partial charge < -0.3 is 5.73 Å². The van der Waals surface area contributed by atoms with E-state index in [-0.39, 0.29) is 0 Å². The van der Waals surface area contributed by atoms with Crippen LogP contribution in [-0.4, -0.2) is 15.0 Å². The monoisotopic (exact) mass is 274 g/mol. The van der Waals surface area contributed by atoms with Gasteiger partial charge in [0.1, 0.15) is 12.1 Å². The van der Waals surface area contributed by atoms with Crippen LogP contribution >= 0.6 is 15.9 Å². The van der Waals surface area contributed by atoms with E-state index in [9.17, 15) is 0 Å². The highest BCUT2D eigenvalue weighted by Gasteiger charge is 2.06. The Bertz CT molecular complexity index is 634. The van der Waals surface area contributed by atoms with Gasteiger partial charge in [0.2, 0.25) is 0 Å². The van der Waals surface area contributed by atoms with Crippen LogP contribution < -0.4 is 5.73 Å². The Balaban J connectivity index is 2.54. The van der Waals surface area contributed by atoms with Gasteiger partial charge in [0.25, 0.3) is 0 Å². The standard InChI is InChI=1S/C11H7BrN4/c12-8-3-1-2-6-4-7-10(13)14-5-15-11(7)16-9(6)8/h1-5H,(H2,13,14,15,16). The molecule has 0 aliphatic rings. The first kappa shape index (κ1) is 9.47.